The molecule has 2 amide bonds. The minimum absolute atomic E-state index is 0.0363. The fourth-order valence-corrected chi connectivity index (χ4v) is 5.71. The molecule has 0 aliphatic heterocycles. The van der Waals surface area contributed by atoms with Crippen LogP contribution in [0.25, 0.3) is 10.8 Å². The van der Waals surface area contributed by atoms with E-state index in [4.69, 9.17) is 11.5 Å². The van der Waals surface area contributed by atoms with Gasteiger partial charge in [-0.3, -0.25) is 28.8 Å². The van der Waals surface area contributed by atoms with Gasteiger partial charge >= 0.3 is 0 Å². The molecule has 44 heavy (non-hydrogen) atoms. The van der Waals surface area contributed by atoms with E-state index in [-0.39, 0.29) is 35.2 Å². The Hall–Kier alpha value is -3.68. The van der Waals surface area contributed by atoms with Crippen LogP contribution in [0.4, 0.5) is 0 Å². The van der Waals surface area contributed by atoms with Crippen LogP contribution in [0.1, 0.15) is 159 Å². The first kappa shape index (κ1) is 36.5. The molecule has 0 fully saturated rings. The number of benzene rings is 2. The summed E-state index contributed by atoms with van der Waals surface area (Å²) >= 11 is 0. The molecular formula is C36H50N2O6. The molecule has 8 nitrogen and oxygen atoms in total. The first-order chi connectivity index (χ1) is 21.3. The van der Waals surface area contributed by atoms with Crippen LogP contribution in [0.5, 0.6) is 0 Å². The summed E-state index contributed by atoms with van der Waals surface area (Å²) in [6.07, 6.45) is 17.4. The molecule has 0 aromatic heterocycles. The lowest BCUT2D eigenvalue weighted by molar-refractivity contribution is -0.119. The summed E-state index contributed by atoms with van der Waals surface area (Å²) in [5.74, 6) is -1.34. The number of Topliss-reactive ketones (excluding diaryl/α,β-unsaturated/α-hetero) is 3. The highest BCUT2D eigenvalue weighted by atomic mass is 16.2. The van der Waals surface area contributed by atoms with Crippen LogP contribution in [-0.4, -0.2) is 35.5 Å². The Morgan fingerprint density at radius 1 is 0.477 bits per heavy atom. The van der Waals surface area contributed by atoms with Crippen LogP contribution in [0, 0.1) is 0 Å². The van der Waals surface area contributed by atoms with Gasteiger partial charge in [-0.2, -0.15) is 0 Å². The van der Waals surface area contributed by atoms with E-state index in [1.807, 2.05) is 0 Å². The fourth-order valence-electron chi connectivity index (χ4n) is 5.71. The molecule has 2 aromatic rings. The first-order valence-electron chi connectivity index (χ1n) is 16.4. The summed E-state index contributed by atoms with van der Waals surface area (Å²) in [4.78, 5) is 72.1. The molecule has 4 N–H and O–H groups in total. The highest BCUT2D eigenvalue weighted by Crippen LogP contribution is 2.30. The average molecular weight is 607 g/mol. The molecule has 0 aliphatic rings. The highest BCUT2D eigenvalue weighted by molar-refractivity contribution is 6.37. The summed E-state index contributed by atoms with van der Waals surface area (Å²) in [6.45, 7) is 0. The van der Waals surface area contributed by atoms with Crippen molar-refractivity contribution < 1.29 is 28.8 Å². The van der Waals surface area contributed by atoms with Crippen LogP contribution in [0.2, 0.25) is 0 Å². The van der Waals surface area contributed by atoms with Gasteiger partial charge in [-0.25, -0.2) is 0 Å². The third-order valence-corrected chi connectivity index (χ3v) is 8.17. The Bertz CT molecular complexity index is 1270. The van der Waals surface area contributed by atoms with Crippen molar-refractivity contribution in [3.63, 3.8) is 0 Å². The molecule has 0 aliphatic carbocycles. The normalized spacial score (nSPS) is 11.0. The van der Waals surface area contributed by atoms with Crippen LogP contribution in [0.15, 0.2) is 30.3 Å². The van der Waals surface area contributed by atoms with E-state index in [0.717, 1.165) is 103 Å². The Kier molecular flexibility index (Phi) is 17.5. The molecule has 0 atom stereocenters. The zero-order valence-electron chi connectivity index (χ0n) is 26.2. The van der Waals surface area contributed by atoms with Gasteiger partial charge in [0.25, 0.3) is 0 Å². The highest BCUT2D eigenvalue weighted by Gasteiger charge is 2.21. The van der Waals surface area contributed by atoms with Gasteiger partial charge in [-0.15, -0.1) is 0 Å². The summed E-state index contributed by atoms with van der Waals surface area (Å²) in [6, 6.07) is 8.28. The number of hydrogen-bond acceptors (Lipinski definition) is 6. The Morgan fingerprint density at radius 2 is 0.864 bits per heavy atom. The van der Waals surface area contributed by atoms with E-state index in [1.54, 1.807) is 30.3 Å². The number of amides is 2. The molecule has 0 spiro atoms. The number of rotatable bonds is 26. The van der Waals surface area contributed by atoms with Crippen LogP contribution in [0.3, 0.4) is 0 Å². The maximum atomic E-state index is 13.3. The van der Waals surface area contributed by atoms with Crippen LogP contribution < -0.4 is 11.5 Å². The van der Waals surface area contributed by atoms with Gasteiger partial charge in [0, 0.05) is 47.8 Å². The standard InChI is InChI=1S/C36H50N2O6/c37-34(43)22-15-11-7-3-1-5-9-13-20-31(40)27-24-25-30(36-28(27)18-17-19-29(36)33(42)26-39)32(41)21-14-10-6-2-4-8-12-16-23-35(38)44/h17-19,24-26H,1-16,20-23H2,(H2,37,43)(H2,38,44). The molecule has 0 radical (unpaired) electrons. The zero-order chi connectivity index (χ0) is 32.2. The van der Waals surface area contributed by atoms with Crippen molar-refractivity contribution >= 4 is 46.2 Å². The number of unbranched alkanes of at least 4 members (excludes halogenated alkanes) is 14. The van der Waals surface area contributed by atoms with Crippen LogP contribution >= 0.6 is 0 Å². The van der Waals surface area contributed by atoms with E-state index in [9.17, 15) is 28.8 Å². The number of carbonyl (C=O) groups excluding carboxylic acids is 6. The lowest BCUT2D eigenvalue weighted by Gasteiger charge is -2.13. The largest absolute Gasteiger partial charge is 0.370 e. The smallest absolute Gasteiger partial charge is 0.226 e. The molecule has 0 saturated carbocycles. The molecule has 240 valence electrons. The minimum Gasteiger partial charge on any atom is -0.370 e. The lowest BCUT2D eigenvalue weighted by Crippen LogP contribution is -2.09. The summed E-state index contributed by atoms with van der Waals surface area (Å²) in [5, 5.41) is 0.939. The summed E-state index contributed by atoms with van der Waals surface area (Å²) in [7, 11) is 0. The number of ketones is 3. The monoisotopic (exact) mass is 606 g/mol. The topological polar surface area (TPSA) is 154 Å². The minimum atomic E-state index is -0.709. The van der Waals surface area contributed by atoms with Crippen molar-refractivity contribution in [3.05, 3.63) is 47.0 Å². The van der Waals surface area contributed by atoms with E-state index >= 15 is 0 Å². The number of nitrogens with two attached hydrogens (primary N) is 2. The van der Waals surface area contributed by atoms with E-state index in [2.05, 4.69) is 0 Å². The van der Waals surface area contributed by atoms with Crippen LogP contribution in [-0.2, 0) is 14.4 Å². The molecule has 0 unspecified atom stereocenters. The zero-order valence-corrected chi connectivity index (χ0v) is 26.2. The lowest BCUT2D eigenvalue weighted by atomic mass is 9.89. The molecule has 0 bridgehead atoms. The van der Waals surface area contributed by atoms with Crippen molar-refractivity contribution in [1.82, 2.24) is 0 Å². The van der Waals surface area contributed by atoms with Gasteiger partial charge in [0.2, 0.25) is 17.6 Å². The van der Waals surface area contributed by atoms with Gasteiger partial charge in [-0.05, 0) is 31.1 Å². The SMILES string of the molecule is NC(=O)CCCCCCCCCCC(=O)c1ccc(C(=O)CCCCCCCCCCC(N)=O)c2c(C(=O)C=O)cccc12. The number of fused-ring (bicyclic) bond motifs is 1. The summed E-state index contributed by atoms with van der Waals surface area (Å²) < 4.78 is 0. The van der Waals surface area contributed by atoms with E-state index < -0.39 is 5.78 Å². The maximum Gasteiger partial charge on any atom is 0.226 e. The predicted octanol–water partition coefficient (Wildman–Crippen LogP) is 7.36. The van der Waals surface area contributed by atoms with Crippen molar-refractivity contribution in [1.29, 1.82) is 0 Å². The molecule has 2 aromatic carbocycles. The molecule has 8 heteroatoms. The maximum absolute atomic E-state index is 13.3. The predicted molar refractivity (Wildman–Crippen MR) is 174 cm³/mol. The Morgan fingerprint density at radius 3 is 1.30 bits per heavy atom. The Labute approximate surface area is 261 Å². The van der Waals surface area contributed by atoms with Gasteiger partial charge in [-0.1, -0.05) is 107 Å². The quantitative estimate of drug-likeness (QED) is 0.0493. The fraction of sp³-hybridized carbons (Fsp3) is 0.556. The molecular weight excluding hydrogens is 556 g/mol. The van der Waals surface area contributed by atoms with Gasteiger partial charge in [0.05, 0.1) is 0 Å². The molecule has 0 heterocycles. The van der Waals surface area contributed by atoms with Crippen molar-refractivity contribution in [2.24, 2.45) is 11.5 Å². The van der Waals surface area contributed by atoms with E-state index in [0.29, 0.717) is 47.6 Å². The second-order valence-electron chi connectivity index (χ2n) is 11.8. The molecule has 0 saturated heterocycles. The molecule has 2 rings (SSSR count). The van der Waals surface area contributed by atoms with E-state index in [1.165, 1.54) is 0 Å². The second-order valence-corrected chi connectivity index (χ2v) is 11.8. The van der Waals surface area contributed by atoms with Gasteiger partial charge in [0.1, 0.15) is 0 Å². The van der Waals surface area contributed by atoms with Gasteiger partial charge < -0.3 is 11.5 Å². The number of primary amides is 2. The van der Waals surface area contributed by atoms with Crippen molar-refractivity contribution in [2.75, 3.05) is 0 Å². The Balaban J connectivity index is 1.92. The third kappa shape index (κ3) is 13.3. The van der Waals surface area contributed by atoms with Gasteiger partial charge in [0.15, 0.2) is 17.9 Å². The third-order valence-electron chi connectivity index (χ3n) is 8.17. The number of aldehydes is 1. The summed E-state index contributed by atoms with van der Waals surface area (Å²) in [5.41, 5.74) is 11.3. The van der Waals surface area contributed by atoms with Crippen molar-refractivity contribution in [3.8, 4) is 0 Å². The second kappa shape index (κ2) is 21.1. The number of carbonyl (C=O) groups is 6. The van der Waals surface area contributed by atoms with Crippen molar-refractivity contribution in [2.45, 2.75) is 128 Å². The number of hydrogen-bond donors (Lipinski definition) is 2. The first-order valence-corrected chi connectivity index (χ1v) is 16.4. The average Bonchev–Trinajstić information content (AvgIpc) is 3.01.